The van der Waals surface area contributed by atoms with Crippen molar-refractivity contribution in [3.8, 4) is 5.69 Å². The van der Waals surface area contributed by atoms with Crippen molar-refractivity contribution < 1.29 is 4.79 Å². The highest BCUT2D eigenvalue weighted by molar-refractivity contribution is 6.32. The summed E-state index contributed by atoms with van der Waals surface area (Å²) in [4.78, 5) is 15.9. The summed E-state index contributed by atoms with van der Waals surface area (Å²) in [5, 5.41) is 4.73. The van der Waals surface area contributed by atoms with Gasteiger partial charge in [-0.1, -0.05) is 23.7 Å². The number of hydrazone groups is 1. The molecule has 3 aromatic rings. The summed E-state index contributed by atoms with van der Waals surface area (Å²) in [6.45, 7) is 3.99. The molecule has 0 bridgehead atoms. The summed E-state index contributed by atoms with van der Waals surface area (Å²) in [5.41, 5.74) is 6.81. The minimum Gasteiger partial charge on any atom is -0.316 e. The van der Waals surface area contributed by atoms with Crippen LogP contribution in [-0.4, -0.2) is 21.7 Å². The molecule has 3 rings (SSSR count). The highest BCUT2D eigenvalue weighted by Crippen LogP contribution is 2.25. The molecule has 2 aromatic heterocycles. The van der Waals surface area contributed by atoms with E-state index >= 15 is 0 Å². The maximum atomic E-state index is 12.0. The first kappa shape index (κ1) is 16.9. The molecule has 0 atom stereocenters. The van der Waals surface area contributed by atoms with E-state index in [2.05, 4.69) is 20.1 Å². The molecule has 1 aromatic carbocycles. The lowest BCUT2D eigenvalue weighted by Gasteiger charge is -2.11. The van der Waals surface area contributed by atoms with Gasteiger partial charge < -0.3 is 4.57 Å². The summed E-state index contributed by atoms with van der Waals surface area (Å²) in [6.07, 6.45) is 4.74. The van der Waals surface area contributed by atoms with Gasteiger partial charge in [-0.2, -0.15) is 5.10 Å². The molecule has 0 saturated carbocycles. The van der Waals surface area contributed by atoms with E-state index in [0.717, 1.165) is 22.6 Å². The first-order valence-corrected chi connectivity index (χ1v) is 8.13. The predicted octanol–water partition coefficient (Wildman–Crippen LogP) is 3.91. The van der Waals surface area contributed by atoms with Crippen LogP contribution in [0.3, 0.4) is 0 Å². The fourth-order valence-corrected chi connectivity index (χ4v) is 2.86. The van der Waals surface area contributed by atoms with Crippen molar-refractivity contribution in [1.29, 1.82) is 0 Å². The Balaban J connectivity index is 1.82. The van der Waals surface area contributed by atoms with E-state index in [4.69, 9.17) is 11.6 Å². The molecule has 0 aliphatic rings. The fraction of sp³-hybridized carbons (Fsp3) is 0.105. The predicted molar refractivity (Wildman–Crippen MR) is 99.6 cm³/mol. The topological polar surface area (TPSA) is 59.3 Å². The number of amides is 1. The van der Waals surface area contributed by atoms with Gasteiger partial charge in [-0.05, 0) is 44.2 Å². The summed E-state index contributed by atoms with van der Waals surface area (Å²) < 4.78 is 2.06. The van der Waals surface area contributed by atoms with E-state index < -0.39 is 0 Å². The zero-order valence-corrected chi connectivity index (χ0v) is 14.7. The summed E-state index contributed by atoms with van der Waals surface area (Å²) in [6, 6.07) is 13.1. The second kappa shape index (κ2) is 7.32. The third-order valence-electron chi connectivity index (χ3n) is 3.86. The number of nitrogens with one attached hydrogen (secondary N) is 1. The van der Waals surface area contributed by atoms with Crippen LogP contribution >= 0.6 is 11.6 Å². The number of hydrogen-bond donors (Lipinski definition) is 1. The van der Waals surface area contributed by atoms with Gasteiger partial charge in [0.1, 0.15) is 0 Å². The molecule has 126 valence electrons. The van der Waals surface area contributed by atoms with Crippen molar-refractivity contribution in [2.45, 2.75) is 13.8 Å². The Morgan fingerprint density at radius 1 is 1.24 bits per heavy atom. The second-order valence-corrected chi connectivity index (χ2v) is 5.96. The van der Waals surface area contributed by atoms with E-state index in [0.29, 0.717) is 10.6 Å². The lowest BCUT2D eigenvalue weighted by molar-refractivity contribution is 0.0955. The highest BCUT2D eigenvalue weighted by atomic mass is 35.5. The van der Waals surface area contributed by atoms with Crippen LogP contribution in [0.25, 0.3) is 5.69 Å². The van der Waals surface area contributed by atoms with Gasteiger partial charge in [0, 0.05) is 29.3 Å². The molecule has 0 aliphatic heterocycles. The number of para-hydroxylation sites is 1. The monoisotopic (exact) mass is 352 g/mol. The standard InChI is InChI=1S/C19H17ClN4O/c1-13-10-16(12-22-23-19(25)15-6-5-9-21-11-15)14(2)24(13)18-8-4-3-7-17(18)20/h3-12H,1-2H3,(H,23,25)/b22-12-. The maximum Gasteiger partial charge on any atom is 0.272 e. The third kappa shape index (κ3) is 3.61. The van der Waals surface area contributed by atoms with Gasteiger partial charge in [-0.15, -0.1) is 0 Å². The van der Waals surface area contributed by atoms with Gasteiger partial charge in [0.2, 0.25) is 0 Å². The Labute approximate surface area is 151 Å². The Kier molecular flexibility index (Phi) is 4.95. The van der Waals surface area contributed by atoms with Gasteiger partial charge in [0.05, 0.1) is 22.5 Å². The van der Waals surface area contributed by atoms with Crippen LogP contribution in [0, 0.1) is 13.8 Å². The van der Waals surface area contributed by atoms with Crippen LogP contribution < -0.4 is 5.43 Å². The van der Waals surface area contributed by atoms with Crippen LogP contribution in [0.1, 0.15) is 27.3 Å². The van der Waals surface area contributed by atoms with Crippen LogP contribution in [0.15, 0.2) is 60.0 Å². The number of aromatic nitrogens is 2. The van der Waals surface area contributed by atoms with Crippen LogP contribution in [-0.2, 0) is 0 Å². The fourth-order valence-electron chi connectivity index (χ4n) is 2.64. The number of carbonyl (C=O) groups is 1. The molecule has 1 amide bonds. The van der Waals surface area contributed by atoms with E-state index in [1.165, 1.54) is 6.20 Å². The van der Waals surface area contributed by atoms with E-state index in [1.54, 1.807) is 24.5 Å². The molecular formula is C19H17ClN4O. The number of nitrogens with zero attached hydrogens (tertiary/aromatic N) is 3. The van der Waals surface area contributed by atoms with Crippen LogP contribution in [0.2, 0.25) is 5.02 Å². The number of benzene rings is 1. The van der Waals surface area contributed by atoms with Gasteiger partial charge in [0.25, 0.3) is 5.91 Å². The molecule has 0 aliphatic carbocycles. The Morgan fingerprint density at radius 2 is 2.04 bits per heavy atom. The number of rotatable bonds is 4. The molecule has 0 spiro atoms. The Morgan fingerprint density at radius 3 is 2.76 bits per heavy atom. The lowest BCUT2D eigenvalue weighted by atomic mass is 10.2. The van der Waals surface area contributed by atoms with Gasteiger partial charge >= 0.3 is 0 Å². The molecule has 1 N–H and O–H groups in total. The minimum atomic E-state index is -0.302. The average Bonchev–Trinajstić information content (AvgIpc) is 2.90. The summed E-state index contributed by atoms with van der Waals surface area (Å²) in [5.74, 6) is -0.302. The van der Waals surface area contributed by atoms with Crippen molar-refractivity contribution in [2.75, 3.05) is 0 Å². The zero-order valence-electron chi connectivity index (χ0n) is 13.9. The molecule has 6 heteroatoms. The van der Waals surface area contributed by atoms with Crippen LogP contribution in [0.5, 0.6) is 0 Å². The van der Waals surface area contributed by atoms with Gasteiger partial charge in [-0.25, -0.2) is 5.43 Å². The number of pyridine rings is 1. The molecule has 25 heavy (non-hydrogen) atoms. The maximum absolute atomic E-state index is 12.0. The van der Waals surface area contributed by atoms with Gasteiger partial charge in [0.15, 0.2) is 0 Å². The summed E-state index contributed by atoms with van der Waals surface area (Å²) >= 11 is 6.31. The quantitative estimate of drug-likeness (QED) is 0.571. The number of hydrogen-bond acceptors (Lipinski definition) is 3. The smallest absolute Gasteiger partial charge is 0.272 e. The van der Waals surface area contributed by atoms with E-state index in [1.807, 2.05) is 44.2 Å². The first-order chi connectivity index (χ1) is 12.1. The average molecular weight is 353 g/mol. The highest BCUT2D eigenvalue weighted by Gasteiger charge is 2.11. The Bertz CT molecular complexity index is 932. The number of carbonyl (C=O) groups excluding carboxylic acids is 1. The zero-order chi connectivity index (χ0) is 17.8. The second-order valence-electron chi connectivity index (χ2n) is 5.55. The molecule has 2 heterocycles. The molecule has 0 unspecified atom stereocenters. The number of halogens is 1. The van der Waals surface area contributed by atoms with Crippen molar-refractivity contribution in [3.63, 3.8) is 0 Å². The van der Waals surface area contributed by atoms with Crippen molar-refractivity contribution in [1.82, 2.24) is 15.0 Å². The first-order valence-electron chi connectivity index (χ1n) is 7.75. The van der Waals surface area contributed by atoms with Crippen LogP contribution in [0.4, 0.5) is 0 Å². The SMILES string of the molecule is Cc1cc(/C=N\NC(=O)c2cccnc2)c(C)n1-c1ccccc1Cl. The molecule has 0 fully saturated rings. The minimum absolute atomic E-state index is 0.302. The summed E-state index contributed by atoms with van der Waals surface area (Å²) in [7, 11) is 0. The van der Waals surface area contributed by atoms with E-state index in [9.17, 15) is 4.79 Å². The van der Waals surface area contributed by atoms with Crippen molar-refractivity contribution >= 4 is 23.7 Å². The lowest BCUT2D eigenvalue weighted by Crippen LogP contribution is -2.17. The third-order valence-corrected chi connectivity index (χ3v) is 4.18. The molecule has 5 nitrogen and oxygen atoms in total. The normalized spacial score (nSPS) is 11.0. The Hall–Kier alpha value is -2.92. The van der Waals surface area contributed by atoms with Crippen molar-refractivity contribution in [2.24, 2.45) is 5.10 Å². The molecular weight excluding hydrogens is 336 g/mol. The molecule has 0 radical (unpaired) electrons. The molecule has 0 saturated heterocycles. The van der Waals surface area contributed by atoms with Crippen molar-refractivity contribution in [3.05, 3.63) is 82.4 Å². The van der Waals surface area contributed by atoms with E-state index in [-0.39, 0.29) is 5.91 Å². The van der Waals surface area contributed by atoms with Gasteiger partial charge in [-0.3, -0.25) is 9.78 Å². The largest absolute Gasteiger partial charge is 0.316 e. The number of aryl methyl sites for hydroxylation is 1.